The monoisotopic (exact) mass is 404 g/mol. The Morgan fingerprint density at radius 2 is 2.08 bits per heavy atom. The predicted octanol–water partition coefficient (Wildman–Crippen LogP) is 3.86. The molecule has 0 spiro atoms. The molecule has 25 heavy (non-hydrogen) atoms. The normalized spacial score (nSPS) is 10.9. The molecule has 6 heteroatoms. The van der Waals surface area contributed by atoms with E-state index in [2.05, 4.69) is 32.5 Å². The van der Waals surface area contributed by atoms with Crippen molar-refractivity contribution in [2.24, 2.45) is 5.10 Å². The van der Waals surface area contributed by atoms with Gasteiger partial charge in [-0.2, -0.15) is 5.10 Å². The van der Waals surface area contributed by atoms with Crippen LogP contribution in [0.4, 0.5) is 0 Å². The highest BCUT2D eigenvalue weighted by molar-refractivity contribution is 9.10. The largest absolute Gasteiger partial charge is 0.503 e. The third kappa shape index (κ3) is 5.32. The molecular formula is C19H21BrN2O3. The van der Waals surface area contributed by atoms with E-state index in [1.165, 1.54) is 11.8 Å². The van der Waals surface area contributed by atoms with E-state index in [1.54, 1.807) is 12.1 Å². The number of carbonyl (C=O) groups is 1. The Balaban J connectivity index is 2.01. The topological polar surface area (TPSA) is 70.9 Å². The van der Waals surface area contributed by atoms with Gasteiger partial charge in [-0.3, -0.25) is 4.79 Å². The highest BCUT2D eigenvalue weighted by atomic mass is 79.9. The van der Waals surface area contributed by atoms with Crippen LogP contribution >= 0.6 is 15.9 Å². The first-order valence-electron chi connectivity index (χ1n) is 7.94. The second-order valence-corrected chi connectivity index (χ2v) is 6.54. The Bertz CT molecular complexity index is 803. The molecule has 0 aliphatic carbocycles. The number of aromatic hydroxyl groups is 1. The average Bonchev–Trinajstić information content (AvgIpc) is 2.55. The quantitative estimate of drug-likeness (QED) is 0.566. The van der Waals surface area contributed by atoms with E-state index in [9.17, 15) is 9.90 Å². The Morgan fingerprint density at radius 1 is 1.32 bits per heavy atom. The summed E-state index contributed by atoms with van der Waals surface area (Å²) >= 11 is 3.27. The maximum absolute atomic E-state index is 12.0. The lowest BCUT2D eigenvalue weighted by Crippen LogP contribution is -2.20. The minimum Gasteiger partial charge on any atom is -0.503 e. The number of rotatable bonds is 6. The van der Waals surface area contributed by atoms with Gasteiger partial charge in [0.05, 0.1) is 23.7 Å². The first-order valence-corrected chi connectivity index (χ1v) is 8.73. The Kier molecular flexibility index (Phi) is 6.58. The lowest BCUT2D eigenvalue weighted by molar-refractivity contribution is -0.120. The molecule has 0 bridgehead atoms. The molecule has 2 aromatic rings. The minimum absolute atomic E-state index is 0.0397. The number of hydrazone groups is 1. The van der Waals surface area contributed by atoms with Gasteiger partial charge in [-0.15, -0.1) is 0 Å². The molecule has 0 unspecified atom stereocenters. The molecule has 0 aliphatic rings. The van der Waals surface area contributed by atoms with E-state index in [1.807, 2.05) is 32.9 Å². The number of amides is 1. The van der Waals surface area contributed by atoms with E-state index in [0.29, 0.717) is 22.4 Å². The summed E-state index contributed by atoms with van der Waals surface area (Å²) in [5.74, 6) is 0.212. The van der Waals surface area contributed by atoms with Crippen LogP contribution in [0.5, 0.6) is 11.5 Å². The van der Waals surface area contributed by atoms with Gasteiger partial charge < -0.3 is 9.84 Å². The van der Waals surface area contributed by atoms with Gasteiger partial charge in [0.1, 0.15) is 0 Å². The summed E-state index contributed by atoms with van der Waals surface area (Å²) < 4.78 is 5.86. The number of phenols is 1. The van der Waals surface area contributed by atoms with Gasteiger partial charge in [0.15, 0.2) is 11.5 Å². The molecule has 0 radical (unpaired) electrons. The van der Waals surface area contributed by atoms with Crippen LogP contribution in [0.3, 0.4) is 0 Å². The summed E-state index contributed by atoms with van der Waals surface area (Å²) in [4.78, 5) is 12.0. The van der Waals surface area contributed by atoms with Crippen LogP contribution in [0.2, 0.25) is 0 Å². The van der Waals surface area contributed by atoms with Crippen LogP contribution in [0.1, 0.15) is 29.2 Å². The van der Waals surface area contributed by atoms with Crippen molar-refractivity contribution in [2.75, 3.05) is 6.61 Å². The molecule has 0 heterocycles. The molecule has 1 amide bonds. The van der Waals surface area contributed by atoms with E-state index in [4.69, 9.17) is 4.74 Å². The van der Waals surface area contributed by atoms with E-state index in [0.717, 1.165) is 11.1 Å². The lowest BCUT2D eigenvalue weighted by Gasteiger charge is -2.08. The molecule has 0 saturated carbocycles. The fraction of sp³-hybridized carbons (Fsp3) is 0.263. The van der Waals surface area contributed by atoms with Gasteiger partial charge >= 0.3 is 0 Å². The fourth-order valence-electron chi connectivity index (χ4n) is 2.37. The number of halogens is 1. The van der Waals surface area contributed by atoms with Crippen LogP contribution < -0.4 is 10.2 Å². The third-order valence-electron chi connectivity index (χ3n) is 3.60. The number of nitrogens with zero attached hydrogens (tertiary/aromatic N) is 1. The van der Waals surface area contributed by atoms with Crippen molar-refractivity contribution in [1.82, 2.24) is 5.43 Å². The molecule has 0 aromatic heterocycles. The number of hydrogen-bond donors (Lipinski definition) is 2. The van der Waals surface area contributed by atoms with Crippen LogP contribution in [-0.2, 0) is 11.2 Å². The Morgan fingerprint density at radius 3 is 2.76 bits per heavy atom. The van der Waals surface area contributed by atoms with Crippen molar-refractivity contribution in [3.8, 4) is 11.5 Å². The third-order valence-corrected chi connectivity index (χ3v) is 4.21. The molecule has 2 aromatic carbocycles. The number of benzene rings is 2. The number of aryl methyl sites for hydroxylation is 2. The van der Waals surface area contributed by atoms with E-state index < -0.39 is 0 Å². The smallest absolute Gasteiger partial charge is 0.244 e. The molecule has 0 saturated heterocycles. The molecule has 0 fully saturated rings. The van der Waals surface area contributed by atoms with Gasteiger partial charge in [0, 0.05) is 0 Å². The molecular weight excluding hydrogens is 384 g/mol. The summed E-state index contributed by atoms with van der Waals surface area (Å²) in [5, 5.41) is 13.9. The van der Waals surface area contributed by atoms with Crippen molar-refractivity contribution in [3.05, 3.63) is 57.1 Å². The van der Waals surface area contributed by atoms with Crippen molar-refractivity contribution in [1.29, 1.82) is 0 Å². The molecule has 132 valence electrons. The standard InChI is InChI=1S/C19H21BrN2O3/c1-4-25-17-9-14(8-16(20)19(17)24)11-21-22-18(23)10-15-6-5-12(2)7-13(15)3/h5-9,11,24H,4,10H2,1-3H3,(H,22,23)/b21-11+. The van der Waals surface area contributed by atoms with Crippen molar-refractivity contribution in [2.45, 2.75) is 27.2 Å². The van der Waals surface area contributed by atoms with Gasteiger partial charge in [-0.1, -0.05) is 23.8 Å². The Labute approximate surface area is 155 Å². The maximum Gasteiger partial charge on any atom is 0.244 e. The first kappa shape index (κ1) is 19.0. The highest BCUT2D eigenvalue weighted by Gasteiger charge is 2.09. The summed E-state index contributed by atoms with van der Waals surface area (Å²) in [6.07, 6.45) is 1.78. The van der Waals surface area contributed by atoms with Gasteiger partial charge in [0.2, 0.25) is 5.91 Å². The lowest BCUT2D eigenvalue weighted by atomic mass is 10.0. The number of carbonyl (C=O) groups excluding carboxylic acids is 1. The van der Waals surface area contributed by atoms with Crippen molar-refractivity contribution < 1.29 is 14.6 Å². The maximum atomic E-state index is 12.0. The SMILES string of the molecule is CCOc1cc(/C=N/NC(=O)Cc2ccc(C)cc2C)cc(Br)c1O. The van der Waals surface area contributed by atoms with Crippen LogP contribution in [0, 0.1) is 13.8 Å². The molecule has 0 atom stereocenters. The number of phenolic OH excluding ortho intramolecular Hbond substituents is 1. The molecule has 5 nitrogen and oxygen atoms in total. The highest BCUT2D eigenvalue weighted by Crippen LogP contribution is 2.35. The van der Waals surface area contributed by atoms with Crippen LogP contribution in [-0.4, -0.2) is 23.8 Å². The van der Waals surface area contributed by atoms with E-state index >= 15 is 0 Å². The summed E-state index contributed by atoms with van der Waals surface area (Å²) in [7, 11) is 0. The number of nitrogens with one attached hydrogen (secondary N) is 1. The summed E-state index contributed by atoms with van der Waals surface area (Å²) in [6, 6.07) is 9.34. The zero-order valence-corrected chi connectivity index (χ0v) is 16.1. The van der Waals surface area contributed by atoms with Gasteiger partial charge in [0.25, 0.3) is 0 Å². The average molecular weight is 405 g/mol. The van der Waals surface area contributed by atoms with Gasteiger partial charge in [-0.05, 0) is 65.5 Å². The first-order chi connectivity index (χ1) is 11.9. The van der Waals surface area contributed by atoms with Crippen molar-refractivity contribution >= 4 is 28.1 Å². The zero-order chi connectivity index (χ0) is 18.4. The van der Waals surface area contributed by atoms with Crippen LogP contribution in [0.25, 0.3) is 0 Å². The van der Waals surface area contributed by atoms with Crippen LogP contribution in [0.15, 0.2) is 39.9 Å². The second kappa shape index (κ2) is 8.67. The summed E-state index contributed by atoms with van der Waals surface area (Å²) in [5.41, 5.74) is 6.44. The fourth-order valence-corrected chi connectivity index (χ4v) is 2.83. The van der Waals surface area contributed by atoms with Crippen molar-refractivity contribution in [3.63, 3.8) is 0 Å². The van der Waals surface area contributed by atoms with E-state index in [-0.39, 0.29) is 18.1 Å². The molecule has 0 aliphatic heterocycles. The number of hydrogen-bond acceptors (Lipinski definition) is 4. The second-order valence-electron chi connectivity index (χ2n) is 5.68. The van der Waals surface area contributed by atoms with Gasteiger partial charge in [-0.25, -0.2) is 5.43 Å². The number of ether oxygens (including phenoxy) is 1. The predicted molar refractivity (Wildman–Crippen MR) is 102 cm³/mol. The molecule has 2 rings (SSSR count). The minimum atomic E-state index is -0.189. The zero-order valence-electron chi connectivity index (χ0n) is 14.5. The summed E-state index contributed by atoms with van der Waals surface area (Å²) in [6.45, 7) is 6.28. The molecule has 2 N–H and O–H groups in total. The Hall–Kier alpha value is -2.34.